The number of likely N-dealkylation sites (tertiary alicyclic amines) is 2. The van der Waals surface area contributed by atoms with E-state index in [9.17, 15) is 14.4 Å². The number of halogens is 2. The Hall–Kier alpha value is -4.01. The van der Waals surface area contributed by atoms with Gasteiger partial charge in [0.2, 0.25) is 0 Å². The Morgan fingerprint density at radius 1 is 1.26 bits per heavy atom. The number of urea groups is 1. The van der Waals surface area contributed by atoms with Crippen molar-refractivity contribution in [1.82, 2.24) is 34.5 Å². The summed E-state index contributed by atoms with van der Waals surface area (Å²) in [5.41, 5.74) is 2.11. The number of nitriles is 1. The van der Waals surface area contributed by atoms with E-state index in [1.807, 2.05) is 23.1 Å². The molecule has 0 unspecified atom stereocenters. The van der Waals surface area contributed by atoms with Crippen molar-refractivity contribution in [1.29, 1.82) is 5.26 Å². The minimum absolute atomic E-state index is 0.0285. The molecule has 12 heteroatoms. The Labute approximate surface area is 223 Å². The first-order valence-corrected chi connectivity index (χ1v) is 12.8. The van der Waals surface area contributed by atoms with Crippen LogP contribution in [0.3, 0.4) is 0 Å². The Bertz CT molecular complexity index is 1530. The quantitative estimate of drug-likeness (QED) is 0.396. The molecule has 2 aliphatic heterocycles. The minimum atomic E-state index is -0.633. The SMILES string of the molecule is N#CCC1(n2cc(-c3ncnc4[nH]ccc34)cn2)CN(C2CCN(C(=O)Nc3cccc(Cl)c3F)CC2)C1. The molecule has 2 aliphatic rings. The van der Waals surface area contributed by atoms with Gasteiger partial charge in [-0.15, -0.1) is 0 Å². The summed E-state index contributed by atoms with van der Waals surface area (Å²) >= 11 is 5.82. The van der Waals surface area contributed by atoms with Crippen LogP contribution in [0.25, 0.3) is 22.3 Å². The molecule has 38 heavy (non-hydrogen) atoms. The molecule has 2 N–H and O–H groups in total. The summed E-state index contributed by atoms with van der Waals surface area (Å²) in [6, 6.07) is 8.78. The van der Waals surface area contributed by atoms with Gasteiger partial charge in [0, 0.05) is 55.6 Å². The molecular formula is C26H25ClFN9O. The van der Waals surface area contributed by atoms with Crippen LogP contribution in [0, 0.1) is 17.1 Å². The first-order valence-electron chi connectivity index (χ1n) is 12.4. The molecule has 0 atom stereocenters. The molecule has 0 spiro atoms. The lowest BCUT2D eigenvalue weighted by Crippen LogP contribution is -2.66. The standard InChI is InChI=1S/C26H25ClFN9O/c27-20-2-1-3-21(22(20)28)34-25(38)35-10-5-18(6-11-35)36-14-26(15-36,7-8-29)37-13-17(12-33-37)23-19-4-9-30-24(19)32-16-31-23/h1-4,9,12-13,16,18H,5-7,10-11,14-15H2,(H,34,38)(H,30,31,32). The smallest absolute Gasteiger partial charge is 0.321 e. The predicted molar refractivity (Wildman–Crippen MR) is 140 cm³/mol. The maximum absolute atomic E-state index is 14.2. The number of anilines is 1. The number of carbonyl (C=O) groups is 1. The number of carbonyl (C=O) groups excluding carboxylic acids is 1. The predicted octanol–water partition coefficient (Wildman–Crippen LogP) is 4.23. The molecule has 2 fully saturated rings. The average molecular weight is 534 g/mol. The Balaban J connectivity index is 1.09. The van der Waals surface area contributed by atoms with Crippen LogP contribution >= 0.6 is 11.6 Å². The number of piperidine rings is 1. The Kier molecular flexibility index (Phi) is 6.21. The number of benzene rings is 1. The van der Waals surface area contributed by atoms with Gasteiger partial charge in [0.1, 0.15) is 17.5 Å². The van der Waals surface area contributed by atoms with Gasteiger partial charge in [0.05, 0.1) is 35.1 Å². The monoisotopic (exact) mass is 533 g/mol. The van der Waals surface area contributed by atoms with Crippen molar-refractivity contribution >= 4 is 34.4 Å². The molecule has 194 valence electrons. The van der Waals surface area contributed by atoms with Gasteiger partial charge in [-0.05, 0) is 31.0 Å². The van der Waals surface area contributed by atoms with Crippen LogP contribution in [0.1, 0.15) is 19.3 Å². The highest BCUT2D eigenvalue weighted by molar-refractivity contribution is 6.31. The molecule has 1 aromatic carbocycles. The Morgan fingerprint density at radius 3 is 2.87 bits per heavy atom. The number of hydrogen-bond donors (Lipinski definition) is 2. The highest BCUT2D eigenvalue weighted by Crippen LogP contribution is 2.37. The van der Waals surface area contributed by atoms with E-state index >= 15 is 0 Å². The fraction of sp³-hybridized carbons (Fsp3) is 0.346. The van der Waals surface area contributed by atoms with Gasteiger partial charge in [-0.3, -0.25) is 9.58 Å². The first kappa shape index (κ1) is 24.3. The van der Waals surface area contributed by atoms with Gasteiger partial charge in [-0.25, -0.2) is 19.2 Å². The van der Waals surface area contributed by atoms with Crippen molar-refractivity contribution in [3.05, 3.63) is 60.0 Å². The molecule has 0 saturated carbocycles. The molecule has 4 aromatic rings. The second kappa shape index (κ2) is 9.70. The molecule has 0 aliphatic carbocycles. The first-order chi connectivity index (χ1) is 18.5. The highest BCUT2D eigenvalue weighted by Gasteiger charge is 2.48. The van der Waals surface area contributed by atoms with Crippen LogP contribution < -0.4 is 5.32 Å². The van der Waals surface area contributed by atoms with E-state index in [4.69, 9.17) is 11.6 Å². The van der Waals surface area contributed by atoms with Crippen LogP contribution in [0.5, 0.6) is 0 Å². The zero-order valence-electron chi connectivity index (χ0n) is 20.4. The van der Waals surface area contributed by atoms with Gasteiger partial charge in [-0.2, -0.15) is 10.4 Å². The lowest BCUT2D eigenvalue weighted by Gasteiger charge is -2.53. The summed E-state index contributed by atoms with van der Waals surface area (Å²) in [5, 5.41) is 17.7. The second-order valence-electron chi connectivity index (χ2n) is 9.85. The highest BCUT2D eigenvalue weighted by atomic mass is 35.5. The van der Waals surface area contributed by atoms with E-state index < -0.39 is 11.4 Å². The number of rotatable bonds is 5. The molecule has 3 aromatic heterocycles. The van der Waals surface area contributed by atoms with Crippen molar-refractivity contribution in [3.63, 3.8) is 0 Å². The Morgan fingerprint density at radius 2 is 2.08 bits per heavy atom. The van der Waals surface area contributed by atoms with Crippen LogP contribution in [0.15, 0.2) is 49.2 Å². The topological polar surface area (TPSA) is 119 Å². The normalized spacial score (nSPS) is 17.8. The van der Waals surface area contributed by atoms with Crippen molar-refractivity contribution < 1.29 is 9.18 Å². The molecule has 5 heterocycles. The summed E-state index contributed by atoms with van der Waals surface area (Å²) in [7, 11) is 0. The third-order valence-electron chi connectivity index (χ3n) is 7.56. The zero-order chi connectivity index (χ0) is 26.3. The molecule has 0 radical (unpaired) electrons. The number of fused-ring (bicyclic) bond motifs is 1. The largest absolute Gasteiger partial charge is 0.346 e. The summed E-state index contributed by atoms with van der Waals surface area (Å²) in [4.78, 5) is 28.5. The van der Waals surface area contributed by atoms with Crippen molar-refractivity contribution in [2.45, 2.75) is 30.8 Å². The van der Waals surface area contributed by atoms with Crippen molar-refractivity contribution in [3.8, 4) is 17.3 Å². The number of H-pyrrole nitrogens is 1. The third-order valence-corrected chi connectivity index (χ3v) is 7.85. The summed E-state index contributed by atoms with van der Waals surface area (Å²) in [6.07, 6.45) is 9.05. The summed E-state index contributed by atoms with van der Waals surface area (Å²) in [5.74, 6) is -0.633. The fourth-order valence-electron chi connectivity index (χ4n) is 5.49. The van der Waals surface area contributed by atoms with E-state index in [1.165, 1.54) is 18.5 Å². The van der Waals surface area contributed by atoms with Crippen LogP contribution in [0.4, 0.5) is 14.9 Å². The third kappa shape index (κ3) is 4.25. The van der Waals surface area contributed by atoms with Gasteiger partial charge in [0.15, 0.2) is 5.82 Å². The van der Waals surface area contributed by atoms with Crippen LogP contribution in [0.2, 0.25) is 5.02 Å². The maximum Gasteiger partial charge on any atom is 0.321 e. The number of nitrogens with zero attached hydrogens (tertiary/aromatic N) is 7. The number of nitrogens with one attached hydrogen (secondary N) is 2. The molecule has 0 bridgehead atoms. The van der Waals surface area contributed by atoms with Crippen LogP contribution in [-0.2, 0) is 5.54 Å². The van der Waals surface area contributed by atoms with E-state index in [0.717, 1.165) is 35.1 Å². The average Bonchev–Trinajstić information content (AvgIpc) is 3.59. The molecule has 10 nitrogen and oxygen atoms in total. The number of aromatic amines is 1. The maximum atomic E-state index is 14.2. The summed E-state index contributed by atoms with van der Waals surface area (Å²) < 4.78 is 16.1. The second-order valence-corrected chi connectivity index (χ2v) is 10.3. The number of aromatic nitrogens is 5. The molecule has 6 rings (SSSR count). The van der Waals surface area contributed by atoms with Gasteiger partial charge in [0.25, 0.3) is 0 Å². The molecule has 2 saturated heterocycles. The minimum Gasteiger partial charge on any atom is -0.346 e. The zero-order valence-corrected chi connectivity index (χ0v) is 21.2. The van der Waals surface area contributed by atoms with Crippen LogP contribution in [-0.4, -0.2) is 72.8 Å². The lowest BCUT2D eigenvalue weighted by molar-refractivity contribution is -0.0399. The van der Waals surface area contributed by atoms with E-state index in [1.54, 1.807) is 17.2 Å². The number of amides is 2. The van der Waals surface area contributed by atoms with Gasteiger partial charge in [-0.1, -0.05) is 17.7 Å². The van der Waals surface area contributed by atoms with Crippen molar-refractivity contribution in [2.75, 3.05) is 31.5 Å². The summed E-state index contributed by atoms with van der Waals surface area (Å²) in [6.45, 7) is 2.53. The van der Waals surface area contributed by atoms with Crippen molar-refractivity contribution in [2.24, 2.45) is 0 Å². The molecule has 2 amide bonds. The fourth-order valence-corrected chi connectivity index (χ4v) is 5.66. The van der Waals surface area contributed by atoms with Gasteiger partial charge < -0.3 is 15.2 Å². The number of hydrogen-bond acceptors (Lipinski definition) is 6. The van der Waals surface area contributed by atoms with E-state index in [-0.39, 0.29) is 16.7 Å². The lowest BCUT2D eigenvalue weighted by atomic mass is 9.84. The molecular weight excluding hydrogens is 509 g/mol. The van der Waals surface area contributed by atoms with E-state index in [2.05, 4.69) is 36.3 Å². The van der Waals surface area contributed by atoms with E-state index in [0.29, 0.717) is 38.6 Å². The van der Waals surface area contributed by atoms with Gasteiger partial charge >= 0.3 is 6.03 Å².